The van der Waals surface area contributed by atoms with Crippen LogP contribution in [0.15, 0.2) is 59.4 Å². The van der Waals surface area contributed by atoms with Gasteiger partial charge >= 0.3 is 0 Å². The van der Waals surface area contributed by atoms with E-state index in [2.05, 4.69) is 31.3 Å². The number of rotatable bonds is 5. The Morgan fingerprint density at radius 1 is 1.03 bits per heavy atom. The number of nitrogens with zero attached hydrogens (tertiary/aromatic N) is 3. The fourth-order valence-electron chi connectivity index (χ4n) is 3.44. The first kappa shape index (κ1) is 19.2. The maximum Gasteiger partial charge on any atom is 0.281 e. The Hall–Kier alpha value is -3.12. The van der Waals surface area contributed by atoms with Crippen molar-refractivity contribution in [2.75, 3.05) is 5.32 Å². The summed E-state index contributed by atoms with van der Waals surface area (Å²) in [6, 6.07) is 17.9. The number of anilines is 2. The zero-order valence-electron chi connectivity index (χ0n) is 17.1. The second-order valence-electron chi connectivity index (χ2n) is 7.07. The molecule has 4 aromatic rings. The van der Waals surface area contributed by atoms with Crippen LogP contribution in [0.5, 0.6) is 0 Å². The maximum absolute atomic E-state index is 13.4. The highest BCUT2D eigenvalue weighted by atomic mass is 32.1. The second kappa shape index (κ2) is 7.72. The van der Waals surface area contributed by atoms with Crippen LogP contribution in [0.1, 0.15) is 23.1 Å². The van der Waals surface area contributed by atoms with Gasteiger partial charge in [0.05, 0.1) is 16.9 Å². The SMILES string of the molecule is CCc1sc(Nc2ccc(C)cc2)nc1-c1c(C)n(C)n(-c2ccccc2)c1=O. The van der Waals surface area contributed by atoms with E-state index in [0.29, 0.717) is 5.56 Å². The normalized spacial score (nSPS) is 11.0. The molecule has 148 valence electrons. The van der Waals surface area contributed by atoms with Crippen molar-refractivity contribution in [2.45, 2.75) is 27.2 Å². The van der Waals surface area contributed by atoms with Crippen LogP contribution < -0.4 is 10.9 Å². The van der Waals surface area contributed by atoms with Crippen molar-refractivity contribution in [3.63, 3.8) is 0 Å². The summed E-state index contributed by atoms with van der Waals surface area (Å²) in [6.07, 6.45) is 0.821. The average molecular weight is 405 g/mol. The molecule has 0 spiro atoms. The van der Waals surface area contributed by atoms with Crippen LogP contribution in [-0.2, 0) is 13.5 Å². The molecule has 0 bridgehead atoms. The standard InChI is InChI=1S/C23H24N4OS/c1-5-19-21(25-23(29-19)24-17-13-11-15(2)12-14-17)20-16(3)26(4)27(22(20)28)18-9-7-6-8-10-18/h6-14H,5H2,1-4H3,(H,24,25). The fraction of sp³-hybridized carbons (Fsp3) is 0.217. The van der Waals surface area contributed by atoms with Crippen molar-refractivity contribution in [3.8, 4) is 16.9 Å². The molecule has 29 heavy (non-hydrogen) atoms. The summed E-state index contributed by atoms with van der Waals surface area (Å²) in [5.41, 5.74) is 5.36. The molecule has 0 saturated heterocycles. The molecule has 2 aromatic heterocycles. The van der Waals surface area contributed by atoms with Crippen molar-refractivity contribution in [2.24, 2.45) is 7.05 Å². The number of hydrogen-bond acceptors (Lipinski definition) is 4. The van der Waals surface area contributed by atoms with Crippen LogP contribution in [0, 0.1) is 13.8 Å². The Balaban J connectivity index is 1.80. The first-order chi connectivity index (χ1) is 14.0. The van der Waals surface area contributed by atoms with Crippen LogP contribution in [0.2, 0.25) is 0 Å². The Labute approximate surface area is 174 Å². The molecule has 4 rings (SSSR count). The van der Waals surface area contributed by atoms with Crippen LogP contribution in [0.25, 0.3) is 16.9 Å². The molecule has 0 aliphatic carbocycles. The van der Waals surface area contributed by atoms with Crippen molar-refractivity contribution in [1.29, 1.82) is 0 Å². The highest BCUT2D eigenvalue weighted by Gasteiger charge is 2.23. The number of aromatic nitrogens is 3. The van der Waals surface area contributed by atoms with Gasteiger partial charge in [0.25, 0.3) is 5.56 Å². The molecule has 5 nitrogen and oxygen atoms in total. The first-order valence-electron chi connectivity index (χ1n) is 9.67. The zero-order chi connectivity index (χ0) is 20.5. The molecular weight excluding hydrogens is 380 g/mol. The van der Waals surface area contributed by atoms with Gasteiger partial charge in [-0.3, -0.25) is 9.48 Å². The third kappa shape index (κ3) is 3.51. The van der Waals surface area contributed by atoms with Gasteiger partial charge in [0.1, 0.15) is 0 Å². The molecule has 0 aliphatic rings. The van der Waals surface area contributed by atoms with Gasteiger partial charge in [-0.2, -0.15) is 0 Å². The molecule has 2 heterocycles. The fourth-order valence-corrected chi connectivity index (χ4v) is 4.37. The summed E-state index contributed by atoms with van der Waals surface area (Å²) >= 11 is 1.60. The summed E-state index contributed by atoms with van der Waals surface area (Å²) in [4.78, 5) is 19.3. The average Bonchev–Trinajstić information content (AvgIpc) is 3.22. The lowest BCUT2D eigenvalue weighted by atomic mass is 10.1. The number of hydrogen-bond donors (Lipinski definition) is 1. The van der Waals surface area contributed by atoms with E-state index in [1.165, 1.54) is 5.56 Å². The van der Waals surface area contributed by atoms with Gasteiger partial charge in [0, 0.05) is 23.3 Å². The lowest BCUT2D eigenvalue weighted by Gasteiger charge is -2.07. The quantitative estimate of drug-likeness (QED) is 0.496. The van der Waals surface area contributed by atoms with Crippen molar-refractivity contribution >= 4 is 22.2 Å². The number of thiazole rings is 1. The van der Waals surface area contributed by atoms with Gasteiger partial charge in [0.15, 0.2) is 5.13 Å². The van der Waals surface area contributed by atoms with Gasteiger partial charge < -0.3 is 5.32 Å². The van der Waals surface area contributed by atoms with Gasteiger partial charge in [-0.25, -0.2) is 9.67 Å². The largest absolute Gasteiger partial charge is 0.332 e. The molecular formula is C23H24N4OS. The Kier molecular flexibility index (Phi) is 5.11. The van der Waals surface area contributed by atoms with E-state index in [9.17, 15) is 4.79 Å². The van der Waals surface area contributed by atoms with Crippen LogP contribution >= 0.6 is 11.3 Å². The monoisotopic (exact) mass is 404 g/mol. The minimum Gasteiger partial charge on any atom is -0.332 e. The molecule has 2 aromatic carbocycles. The smallest absolute Gasteiger partial charge is 0.281 e. The minimum atomic E-state index is -0.0434. The number of nitrogens with one attached hydrogen (secondary N) is 1. The third-order valence-electron chi connectivity index (χ3n) is 5.11. The molecule has 0 amide bonds. The van der Waals surface area contributed by atoms with Gasteiger partial charge in [-0.05, 0) is 44.5 Å². The predicted molar refractivity (Wildman–Crippen MR) is 121 cm³/mol. The van der Waals surface area contributed by atoms with E-state index >= 15 is 0 Å². The minimum absolute atomic E-state index is 0.0434. The summed E-state index contributed by atoms with van der Waals surface area (Å²) < 4.78 is 3.61. The summed E-state index contributed by atoms with van der Waals surface area (Å²) in [6.45, 7) is 6.14. The van der Waals surface area contributed by atoms with Crippen molar-refractivity contribution < 1.29 is 0 Å². The van der Waals surface area contributed by atoms with Gasteiger partial charge in [-0.1, -0.05) is 42.8 Å². The topological polar surface area (TPSA) is 51.9 Å². The second-order valence-corrected chi connectivity index (χ2v) is 8.16. The number of benzene rings is 2. The van der Waals surface area contributed by atoms with E-state index in [1.54, 1.807) is 16.0 Å². The molecule has 0 unspecified atom stereocenters. The molecule has 0 aliphatic heterocycles. The molecule has 0 saturated carbocycles. The van der Waals surface area contributed by atoms with Crippen LogP contribution in [-0.4, -0.2) is 14.3 Å². The number of para-hydroxylation sites is 1. The lowest BCUT2D eigenvalue weighted by molar-refractivity contribution is 0.630. The summed E-state index contributed by atoms with van der Waals surface area (Å²) in [7, 11) is 1.91. The van der Waals surface area contributed by atoms with E-state index in [1.807, 2.05) is 61.1 Å². The number of aryl methyl sites for hydroxylation is 2. The van der Waals surface area contributed by atoms with Gasteiger partial charge in [0.2, 0.25) is 0 Å². The third-order valence-corrected chi connectivity index (χ3v) is 6.23. The predicted octanol–water partition coefficient (Wildman–Crippen LogP) is 5.22. The molecule has 0 atom stereocenters. The van der Waals surface area contributed by atoms with E-state index < -0.39 is 0 Å². The Bertz CT molecular complexity index is 1200. The highest BCUT2D eigenvalue weighted by molar-refractivity contribution is 7.16. The summed E-state index contributed by atoms with van der Waals surface area (Å²) in [5, 5.41) is 4.18. The summed E-state index contributed by atoms with van der Waals surface area (Å²) in [5.74, 6) is 0. The first-order valence-corrected chi connectivity index (χ1v) is 10.5. The molecule has 1 N–H and O–H groups in total. The van der Waals surface area contributed by atoms with Crippen LogP contribution in [0.4, 0.5) is 10.8 Å². The van der Waals surface area contributed by atoms with Gasteiger partial charge in [-0.15, -0.1) is 11.3 Å². The van der Waals surface area contributed by atoms with E-state index in [-0.39, 0.29) is 5.56 Å². The molecule has 0 fully saturated rings. The van der Waals surface area contributed by atoms with Crippen molar-refractivity contribution in [3.05, 3.63) is 81.1 Å². The molecule has 6 heteroatoms. The molecule has 0 radical (unpaired) electrons. The van der Waals surface area contributed by atoms with Crippen molar-refractivity contribution in [1.82, 2.24) is 14.3 Å². The Morgan fingerprint density at radius 2 is 1.72 bits per heavy atom. The van der Waals surface area contributed by atoms with Crippen LogP contribution in [0.3, 0.4) is 0 Å². The maximum atomic E-state index is 13.4. The highest BCUT2D eigenvalue weighted by Crippen LogP contribution is 2.33. The lowest BCUT2D eigenvalue weighted by Crippen LogP contribution is -2.20. The Morgan fingerprint density at radius 3 is 2.38 bits per heavy atom. The zero-order valence-corrected chi connectivity index (χ0v) is 17.9. The van der Waals surface area contributed by atoms with E-state index in [4.69, 9.17) is 4.98 Å². The van der Waals surface area contributed by atoms with E-state index in [0.717, 1.165) is 39.2 Å².